The molecule has 0 saturated heterocycles. The number of halogens is 1. The van der Waals surface area contributed by atoms with Crippen molar-refractivity contribution in [2.24, 2.45) is 0 Å². The molecule has 0 aliphatic rings. The lowest BCUT2D eigenvalue weighted by Crippen LogP contribution is -2.28. The van der Waals surface area contributed by atoms with E-state index in [0.29, 0.717) is 6.04 Å². The van der Waals surface area contributed by atoms with Crippen LogP contribution in [-0.4, -0.2) is 6.04 Å². The lowest BCUT2D eigenvalue weighted by atomic mass is 9.99. The van der Waals surface area contributed by atoms with E-state index in [2.05, 4.69) is 51.2 Å². The Hall–Kier alpha value is -1.31. The second-order valence-corrected chi connectivity index (χ2v) is 6.36. The molecule has 0 aromatic heterocycles. The highest BCUT2D eigenvalue weighted by molar-refractivity contribution is 6.31. The summed E-state index contributed by atoms with van der Waals surface area (Å²) in [6, 6.07) is 13.0. The van der Waals surface area contributed by atoms with Crippen molar-refractivity contribution in [3.8, 4) is 0 Å². The van der Waals surface area contributed by atoms with Gasteiger partial charge < -0.3 is 5.32 Å². The van der Waals surface area contributed by atoms with Crippen molar-refractivity contribution in [1.29, 1.82) is 0 Å². The van der Waals surface area contributed by atoms with E-state index in [4.69, 9.17) is 11.6 Å². The fourth-order valence-corrected chi connectivity index (χ4v) is 3.04. The van der Waals surface area contributed by atoms with Gasteiger partial charge in [-0.2, -0.15) is 0 Å². The van der Waals surface area contributed by atoms with Crippen molar-refractivity contribution < 1.29 is 0 Å². The topological polar surface area (TPSA) is 12.0 Å². The largest absolute Gasteiger partial charge is 0.310 e. The summed E-state index contributed by atoms with van der Waals surface area (Å²) in [6.07, 6.45) is 0.948. The Morgan fingerprint density at radius 2 is 1.67 bits per heavy atom. The van der Waals surface area contributed by atoms with E-state index in [1.54, 1.807) is 0 Å². The Kier molecular flexibility index (Phi) is 5.44. The van der Waals surface area contributed by atoms with Gasteiger partial charge in [-0.3, -0.25) is 0 Å². The zero-order valence-electron chi connectivity index (χ0n) is 13.3. The lowest BCUT2D eigenvalue weighted by Gasteiger charge is -2.17. The van der Waals surface area contributed by atoms with Crippen LogP contribution in [0.4, 0.5) is 0 Å². The SMILES string of the molecule is Cc1cc(C)c(CNC(C)Cc2ccccc2Cl)c(C)c1. The smallest absolute Gasteiger partial charge is 0.0438 e. The molecule has 2 aromatic rings. The summed E-state index contributed by atoms with van der Waals surface area (Å²) in [5.41, 5.74) is 6.68. The molecule has 0 saturated carbocycles. The van der Waals surface area contributed by atoms with E-state index < -0.39 is 0 Å². The van der Waals surface area contributed by atoms with Crippen molar-refractivity contribution in [1.82, 2.24) is 5.32 Å². The van der Waals surface area contributed by atoms with E-state index in [0.717, 1.165) is 18.0 Å². The second kappa shape index (κ2) is 7.11. The van der Waals surface area contributed by atoms with Crippen LogP contribution in [0, 0.1) is 20.8 Å². The Balaban J connectivity index is 1.99. The van der Waals surface area contributed by atoms with E-state index in [9.17, 15) is 0 Å². The first-order valence-electron chi connectivity index (χ1n) is 7.51. The Bertz CT molecular complexity index is 596. The van der Waals surface area contributed by atoms with E-state index >= 15 is 0 Å². The number of aryl methyl sites for hydroxylation is 3. The number of nitrogens with one attached hydrogen (secondary N) is 1. The highest BCUT2D eigenvalue weighted by Crippen LogP contribution is 2.18. The highest BCUT2D eigenvalue weighted by atomic mass is 35.5. The van der Waals surface area contributed by atoms with Crippen molar-refractivity contribution >= 4 is 11.6 Å². The molecule has 0 aliphatic heterocycles. The van der Waals surface area contributed by atoms with Crippen LogP contribution in [-0.2, 0) is 13.0 Å². The lowest BCUT2D eigenvalue weighted by molar-refractivity contribution is 0.543. The highest BCUT2D eigenvalue weighted by Gasteiger charge is 2.08. The standard InChI is InChI=1S/C19H24ClN/c1-13-9-14(2)18(15(3)10-13)12-21-16(4)11-17-7-5-6-8-19(17)20/h5-10,16,21H,11-12H2,1-4H3. The van der Waals surface area contributed by atoms with Gasteiger partial charge >= 0.3 is 0 Å². The third-order valence-electron chi connectivity index (χ3n) is 3.95. The fourth-order valence-electron chi connectivity index (χ4n) is 2.83. The van der Waals surface area contributed by atoms with Crippen LogP contribution in [0.3, 0.4) is 0 Å². The summed E-state index contributed by atoms with van der Waals surface area (Å²) in [5.74, 6) is 0. The maximum absolute atomic E-state index is 6.23. The summed E-state index contributed by atoms with van der Waals surface area (Å²) in [4.78, 5) is 0. The van der Waals surface area contributed by atoms with E-state index in [-0.39, 0.29) is 0 Å². The summed E-state index contributed by atoms with van der Waals surface area (Å²) in [5, 5.41) is 4.47. The molecule has 0 radical (unpaired) electrons. The summed E-state index contributed by atoms with van der Waals surface area (Å²) in [7, 11) is 0. The van der Waals surface area contributed by atoms with Crippen LogP contribution in [0.2, 0.25) is 5.02 Å². The zero-order chi connectivity index (χ0) is 15.4. The Morgan fingerprint density at radius 3 is 2.29 bits per heavy atom. The minimum atomic E-state index is 0.394. The predicted octanol–water partition coefficient (Wildman–Crippen LogP) is 4.99. The van der Waals surface area contributed by atoms with Crippen LogP contribution >= 0.6 is 11.6 Å². The van der Waals surface area contributed by atoms with E-state index in [1.807, 2.05) is 18.2 Å². The van der Waals surface area contributed by atoms with Gasteiger partial charge in [0.1, 0.15) is 0 Å². The predicted molar refractivity (Wildman–Crippen MR) is 92.1 cm³/mol. The monoisotopic (exact) mass is 301 g/mol. The van der Waals surface area contributed by atoms with Crippen LogP contribution < -0.4 is 5.32 Å². The average Bonchev–Trinajstić information content (AvgIpc) is 2.40. The summed E-state index contributed by atoms with van der Waals surface area (Å²) >= 11 is 6.23. The van der Waals surface area contributed by atoms with Gasteiger partial charge in [0.05, 0.1) is 0 Å². The molecule has 0 spiro atoms. The molecule has 0 aliphatic carbocycles. The maximum atomic E-state index is 6.23. The Labute approximate surface area is 133 Å². The zero-order valence-corrected chi connectivity index (χ0v) is 14.1. The summed E-state index contributed by atoms with van der Waals surface area (Å²) in [6.45, 7) is 9.65. The number of rotatable bonds is 5. The molecular weight excluding hydrogens is 278 g/mol. The van der Waals surface area contributed by atoms with Crippen LogP contribution in [0.1, 0.15) is 34.7 Å². The van der Waals surface area contributed by atoms with Crippen molar-refractivity contribution in [2.45, 2.75) is 46.7 Å². The van der Waals surface area contributed by atoms with Crippen molar-refractivity contribution in [3.05, 3.63) is 69.2 Å². The average molecular weight is 302 g/mol. The van der Waals surface area contributed by atoms with Gasteiger partial charge in [0.25, 0.3) is 0 Å². The van der Waals surface area contributed by atoms with E-state index in [1.165, 1.54) is 27.8 Å². The van der Waals surface area contributed by atoms with Crippen molar-refractivity contribution in [2.75, 3.05) is 0 Å². The number of benzene rings is 2. The first kappa shape index (κ1) is 16.1. The molecule has 2 heteroatoms. The molecule has 21 heavy (non-hydrogen) atoms. The van der Waals surface area contributed by atoms with Crippen molar-refractivity contribution in [3.63, 3.8) is 0 Å². The van der Waals surface area contributed by atoms with Gasteiger partial charge in [-0.05, 0) is 62.4 Å². The Morgan fingerprint density at radius 1 is 1.05 bits per heavy atom. The molecular formula is C19H24ClN. The van der Waals surface area contributed by atoms with Gasteiger partial charge in [0.2, 0.25) is 0 Å². The van der Waals surface area contributed by atoms with Gasteiger partial charge in [-0.15, -0.1) is 0 Å². The van der Waals surface area contributed by atoms with Gasteiger partial charge in [-0.25, -0.2) is 0 Å². The molecule has 1 atom stereocenters. The first-order chi connectivity index (χ1) is 9.97. The fraction of sp³-hybridized carbons (Fsp3) is 0.368. The summed E-state index contributed by atoms with van der Waals surface area (Å²) < 4.78 is 0. The molecule has 0 bridgehead atoms. The normalized spacial score (nSPS) is 12.4. The molecule has 1 N–H and O–H groups in total. The quantitative estimate of drug-likeness (QED) is 0.820. The first-order valence-corrected chi connectivity index (χ1v) is 7.88. The molecule has 0 amide bonds. The molecule has 0 heterocycles. The third-order valence-corrected chi connectivity index (χ3v) is 4.32. The molecule has 2 rings (SSSR count). The minimum absolute atomic E-state index is 0.394. The molecule has 1 unspecified atom stereocenters. The van der Waals surface area contributed by atoms with Gasteiger partial charge in [-0.1, -0.05) is 47.5 Å². The molecule has 0 fully saturated rings. The number of hydrogen-bond donors (Lipinski definition) is 1. The van der Waals surface area contributed by atoms with Gasteiger partial charge in [0, 0.05) is 17.6 Å². The van der Waals surface area contributed by atoms with Crippen LogP contribution in [0.25, 0.3) is 0 Å². The maximum Gasteiger partial charge on any atom is 0.0438 e. The van der Waals surface area contributed by atoms with Gasteiger partial charge in [0.15, 0.2) is 0 Å². The third kappa shape index (κ3) is 4.33. The minimum Gasteiger partial charge on any atom is -0.310 e. The molecule has 1 nitrogen and oxygen atoms in total. The molecule has 112 valence electrons. The molecule has 2 aromatic carbocycles. The van der Waals surface area contributed by atoms with Crippen LogP contribution in [0.15, 0.2) is 36.4 Å². The number of hydrogen-bond acceptors (Lipinski definition) is 1. The second-order valence-electron chi connectivity index (χ2n) is 5.95. The van der Waals surface area contributed by atoms with Crippen LogP contribution in [0.5, 0.6) is 0 Å².